The fraction of sp³-hybridized carbons (Fsp3) is 0.206. The van der Waals surface area contributed by atoms with E-state index in [1.807, 2.05) is 58.8 Å². The van der Waals surface area contributed by atoms with Gasteiger partial charge in [0.05, 0.1) is 10.9 Å². The number of thiophene rings is 1. The highest BCUT2D eigenvalue weighted by Gasteiger charge is 2.71. The summed E-state index contributed by atoms with van der Waals surface area (Å²) in [7, 11) is 0. The van der Waals surface area contributed by atoms with Crippen LogP contribution < -0.4 is 4.90 Å². The maximum Gasteiger partial charge on any atom is 0.195 e. The molecular formula is C34H26ClNO3S. The Bertz CT molecular complexity index is 1690. The maximum absolute atomic E-state index is 14.7. The first-order valence-electron chi connectivity index (χ1n) is 13.5. The molecule has 1 saturated heterocycles. The van der Waals surface area contributed by atoms with Gasteiger partial charge in [0.15, 0.2) is 17.3 Å². The molecule has 1 spiro atoms. The normalized spacial score (nSPS) is 22.1. The number of halogens is 1. The Morgan fingerprint density at radius 1 is 0.925 bits per heavy atom. The SMILES string of the molecule is CC(C)c1ccc([C@@H]2[C@H](C(=O)c3cccs3)N3c4ccc(Cl)cc4C=C[C@@H]3C23C(=O)c2ccccc2C3=O)cc1. The molecule has 6 heteroatoms. The van der Waals surface area contributed by atoms with E-state index in [2.05, 4.69) is 26.0 Å². The van der Waals surface area contributed by atoms with Crippen molar-refractivity contribution in [2.45, 2.75) is 37.8 Å². The van der Waals surface area contributed by atoms with Crippen LogP contribution in [0.25, 0.3) is 6.08 Å². The molecule has 0 unspecified atom stereocenters. The molecule has 0 radical (unpaired) electrons. The zero-order valence-electron chi connectivity index (χ0n) is 22.0. The van der Waals surface area contributed by atoms with E-state index in [4.69, 9.17) is 11.6 Å². The van der Waals surface area contributed by atoms with Crippen LogP contribution in [-0.2, 0) is 0 Å². The average Bonchev–Trinajstić information content (AvgIpc) is 3.66. The molecule has 3 aliphatic rings. The van der Waals surface area contributed by atoms with Gasteiger partial charge in [-0.3, -0.25) is 14.4 Å². The first kappa shape index (κ1) is 25.2. The van der Waals surface area contributed by atoms with Crippen LogP contribution in [0.3, 0.4) is 0 Å². The van der Waals surface area contributed by atoms with E-state index in [0.717, 1.165) is 22.4 Å². The third kappa shape index (κ3) is 3.34. The van der Waals surface area contributed by atoms with Gasteiger partial charge in [-0.2, -0.15) is 0 Å². The van der Waals surface area contributed by atoms with Crippen molar-refractivity contribution in [2.24, 2.45) is 5.41 Å². The second kappa shape index (κ2) is 9.12. The second-order valence-electron chi connectivity index (χ2n) is 11.1. The van der Waals surface area contributed by atoms with Crippen molar-refractivity contribution in [3.63, 3.8) is 0 Å². The van der Waals surface area contributed by atoms with Crippen LogP contribution in [0.2, 0.25) is 5.02 Å². The van der Waals surface area contributed by atoms with Gasteiger partial charge in [0, 0.05) is 27.8 Å². The first-order chi connectivity index (χ1) is 19.3. The standard InChI is InChI=1S/C34H26ClNO3S/c1-19(2)20-9-11-21(12-10-20)29-30(31(37)27-8-5-17-40-27)36-26-15-14-23(35)18-22(26)13-16-28(36)34(29)32(38)24-6-3-4-7-25(24)33(34)39/h3-19,28-30H,1-2H3/t28-,29-,30-/m1/s1. The van der Waals surface area contributed by atoms with E-state index in [1.54, 1.807) is 30.3 Å². The van der Waals surface area contributed by atoms with Crippen LogP contribution in [0.5, 0.6) is 0 Å². The maximum atomic E-state index is 14.7. The smallest absolute Gasteiger partial charge is 0.195 e. The predicted molar refractivity (Wildman–Crippen MR) is 160 cm³/mol. The van der Waals surface area contributed by atoms with Gasteiger partial charge in [0.2, 0.25) is 0 Å². The molecule has 0 N–H and O–H groups in total. The van der Waals surface area contributed by atoms with Gasteiger partial charge >= 0.3 is 0 Å². The molecule has 2 aliphatic heterocycles. The number of carbonyl (C=O) groups is 3. The molecule has 0 bridgehead atoms. The molecule has 3 heterocycles. The Kier molecular flexibility index (Phi) is 5.74. The monoisotopic (exact) mass is 563 g/mol. The molecule has 1 aliphatic carbocycles. The number of rotatable bonds is 4. The number of carbonyl (C=O) groups excluding carboxylic acids is 3. The van der Waals surface area contributed by atoms with E-state index in [1.165, 1.54) is 11.3 Å². The summed E-state index contributed by atoms with van der Waals surface area (Å²) in [6, 6.07) is 23.0. The summed E-state index contributed by atoms with van der Waals surface area (Å²) in [5.41, 5.74) is 2.98. The average molecular weight is 564 g/mol. The molecule has 1 fully saturated rings. The number of ketones is 3. The summed E-state index contributed by atoms with van der Waals surface area (Å²) in [6.07, 6.45) is 3.86. The van der Waals surface area contributed by atoms with Gasteiger partial charge in [0.1, 0.15) is 11.5 Å². The molecule has 4 nitrogen and oxygen atoms in total. The fourth-order valence-corrected chi connectivity index (χ4v) is 7.85. The number of anilines is 1. The van der Waals surface area contributed by atoms with Crippen molar-refractivity contribution in [3.8, 4) is 0 Å². The number of Topliss-reactive ketones (excluding diaryl/α,β-unsaturated/α-hetero) is 3. The van der Waals surface area contributed by atoms with Gasteiger partial charge in [-0.25, -0.2) is 0 Å². The van der Waals surface area contributed by atoms with Crippen molar-refractivity contribution in [1.29, 1.82) is 0 Å². The molecule has 3 atom stereocenters. The van der Waals surface area contributed by atoms with E-state index in [-0.39, 0.29) is 17.3 Å². The third-order valence-electron chi connectivity index (χ3n) is 8.76. The number of hydrogen-bond donors (Lipinski definition) is 0. The van der Waals surface area contributed by atoms with Crippen molar-refractivity contribution in [1.82, 2.24) is 0 Å². The molecule has 0 saturated carbocycles. The van der Waals surface area contributed by atoms with Gasteiger partial charge in [-0.1, -0.05) is 92.2 Å². The molecule has 40 heavy (non-hydrogen) atoms. The van der Waals surface area contributed by atoms with E-state index in [0.29, 0.717) is 26.9 Å². The number of hydrogen-bond acceptors (Lipinski definition) is 5. The van der Waals surface area contributed by atoms with E-state index >= 15 is 0 Å². The predicted octanol–water partition coefficient (Wildman–Crippen LogP) is 7.84. The molecule has 4 aromatic rings. The largest absolute Gasteiger partial charge is 0.352 e. The Hall–Kier alpha value is -3.80. The van der Waals surface area contributed by atoms with Crippen molar-refractivity contribution < 1.29 is 14.4 Å². The Morgan fingerprint density at radius 3 is 2.25 bits per heavy atom. The molecular weight excluding hydrogens is 538 g/mol. The third-order valence-corrected chi connectivity index (χ3v) is 9.88. The lowest BCUT2D eigenvalue weighted by Crippen LogP contribution is -2.48. The summed E-state index contributed by atoms with van der Waals surface area (Å²) in [5.74, 6) is -0.913. The number of nitrogens with zero attached hydrogens (tertiary/aromatic N) is 1. The second-order valence-corrected chi connectivity index (χ2v) is 12.5. The van der Waals surface area contributed by atoms with Crippen LogP contribution in [0, 0.1) is 5.41 Å². The summed E-state index contributed by atoms with van der Waals surface area (Å²) in [6.45, 7) is 4.26. The zero-order valence-corrected chi connectivity index (χ0v) is 23.6. The van der Waals surface area contributed by atoms with Crippen LogP contribution in [-0.4, -0.2) is 29.4 Å². The summed E-state index contributed by atoms with van der Waals surface area (Å²) in [5, 5.41) is 2.46. The number of benzene rings is 3. The zero-order chi connectivity index (χ0) is 27.8. The highest BCUT2D eigenvalue weighted by molar-refractivity contribution is 7.12. The first-order valence-corrected chi connectivity index (χ1v) is 14.7. The highest BCUT2D eigenvalue weighted by atomic mass is 35.5. The van der Waals surface area contributed by atoms with Crippen molar-refractivity contribution in [2.75, 3.05) is 4.90 Å². The minimum absolute atomic E-state index is 0.0948. The van der Waals surface area contributed by atoms with Gasteiger partial charge < -0.3 is 4.90 Å². The van der Waals surface area contributed by atoms with Crippen LogP contribution in [0.15, 0.2) is 90.3 Å². The van der Waals surface area contributed by atoms with E-state index in [9.17, 15) is 14.4 Å². The lowest BCUT2D eigenvalue weighted by molar-refractivity contribution is 0.0666. The van der Waals surface area contributed by atoms with Crippen LogP contribution >= 0.6 is 22.9 Å². The van der Waals surface area contributed by atoms with Crippen LogP contribution in [0.1, 0.15) is 72.8 Å². The van der Waals surface area contributed by atoms with Gasteiger partial charge in [-0.15, -0.1) is 11.3 Å². The Morgan fingerprint density at radius 2 is 1.62 bits per heavy atom. The lowest BCUT2D eigenvalue weighted by atomic mass is 9.64. The molecule has 7 rings (SSSR count). The summed E-state index contributed by atoms with van der Waals surface area (Å²) < 4.78 is 0. The number of fused-ring (bicyclic) bond motifs is 5. The minimum atomic E-state index is -1.49. The molecule has 1 aromatic heterocycles. The Labute approximate surface area is 241 Å². The van der Waals surface area contributed by atoms with Crippen molar-refractivity contribution >= 4 is 52.1 Å². The van der Waals surface area contributed by atoms with Crippen LogP contribution in [0.4, 0.5) is 5.69 Å². The molecule has 198 valence electrons. The fourth-order valence-electron chi connectivity index (χ4n) is 6.97. The lowest BCUT2D eigenvalue weighted by Gasteiger charge is -2.37. The summed E-state index contributed by atoms with van der Waals surface area (Å²) >= 11 is 7.75. The highest BCUT2D eigenvalue weighted by Crippen LogP contribution is 2.61. The van der Waals surface area contributed by atoms with E-state index < -0.39 is 23.4 Å². The minimum Gasteiger partial charge on any atom is -0.352 e. The Balaban J connectivity index is 1.54. The van der Waals surface area contributed by atoms with Gasteiger partial charge in [0.25, 0.3) is 0 Å². The summed E-state index contributed by atoms with van der Waals surface area (Å²) in [4.78, 5) is 46.5. The molecule has 3 aromatic carbocycles. The molecule has 0 amide bonds. The van der Waals surface area contributed by atoms with Gasteiger partial charge in [-0.05, 0) is 52.3 Å². The quantitative estimate of drug-likeness (QED) is 0.187. The topological polar surface area (TPSA) is 54.5 Å². The van der Waals surface area contributed by atoms with Crippen molar-refractivity contribution in [3.05, 3.63) is 128 Å².